The molecule has 0 unspecified atom stereocenters. The Morgan fingerprint density at radius 1 is 1.16 bits per heavy atom. The fourth-order valence-electron chi connectivity index (χ4n) is 2.46. The van der Waals surface area contributed by atoms with Crippen molar-refractivity contribution in [3.63, 3.8) is 0 Å². The van der Waals surface area contributed by atoms with Crippen LogP contribution in [0.15, 0.2) is 47.4 Å². The van der Waals surface area contributed by atoms with Crippen LogP contribution < -0.4 is 9.62 Å². The Kier molecular flexibility index (Phi) is 4.99. The SMILES string of the molecule is Cc1ccc(S(=O)(=O)Nc2ccc(N3CCOCC3=O)cc2)cc1Cl. The minimum absolute atomic E-state index is 0.0581. The summed E-state index contributed by atoms with van der Waals surface area (Å²) >= 11 is 6.00. The lowest BCUT2D eigenvalue weighted by atomic mass is 10.2. The van der Waals surface area contributed by atoms with Crippen molar-refractivity contribution >= 4 is 38.9 Å². The Hall–Kier alpha value is -2.09. The van der Waals surface area contributed by atoms with E-state index in [0.717, 1.165) is 5.56 Å². The lowest BCUT2D eigenvalue weighted by molar-refractivity contribution is -0.125. The smallest absolute Gasteiger partial charge is 0.261 e. The van der Waals surface area contributed by atoms with Gasteiger partial charge in [-0.3, -0.25) is 9.52 Å². The van der Waals surface area contributed by atoms with Crippen LogP contribution in [0.1, 0.15) is 5.56 Å². The van der Waals surface area contributed by atoms with Crippen molar-refractivity contribution in [2.24, 2.45) is 0 Å². The molecule has 1 fully saturated rings. The highest BCUT2D eigenvalue weighted by atomic mass is 35.5. The molecule has 3 rings (SSSR count). The van der Waals surface area contributed by atoms with Gasteiger partial charge in [-0.1, -0.05) is 17.7 Å². The molecule has 0 bridgehead atoms. The van der Waals surface area contributed by atoms with Gasteiger partial charge in [-0.25, -0.2) is 8.42 Å². The zero-order chi connectivity index (χ0) is 18.0. The fraction of sp³-hybridized carbons (Fsp3) is 0.235. The van der Waals surface area contributed by atoms with Crippen LogP contribution in [0, 0.1) is 6.92 Å². The maximum Gasteiger partial charge on any atom is 0.261 e. The first kappa shape index (κ1) is 17.7. The molecular formula is C17H17ClN2O4S. The summed E-state index contributed by atoms with van der Waals surface area (Å²) in [6, 6.07) is 11.2. The molecule has 1 N–H and O–H groups in total. The zero-order valence-corrected chi connectivity index (χ0v) is 15.1. The molecule has 0 saturated carbocycles. The Morgan fingerprint density at radius 2 is 1.88 bits per heavy atom. The van der Waals surface area contributed by atoms with Gasteiger partial charge in [0.2, 0.25) is 0 Å². The minimum atomic E-state index is -3.74. The largest absolute Gasteiger partial charge is 0.370 e. The Labute approximate surface area is 151 Å². The van der Waals surface area contributed by atoms with Gasteiger partial charge in [-0.15, -0.1) is 0 Å². The summed E-state index contributed by atoms with van der Waals surface area (Å²) in [6.07, 6.45) is 0. The predicted molar refractivity (Wildman–Crippen MR) is 96.6 cm³/mol. The topological polar surface area (TPSA) is 75.7 Å². The summed E-state index contributed by atoms with van der Waals surface area (Å²) in [5.41, 5.74) is 1.91. The van der Waals surface area contributed by atoms with Crippen molar-refractivity contribution in [1.29, 1.82) is 0 Å². The van der Waals surface area contributed by atoms with Crippen LogP contribution in [0.3, 0.4) is 0 Å². The maximum absolute atomic E-state index is 12.5. The fourth-order valence-corrected chi connectivity index (χ4v) is 3.78. The van der Waals surface area contributed by atoms with E-state index in [-0.39, 0.29) is 17.4 Å². The van der Waals surface area contributed by atoms with Crippen LogP contribution in [-0.4, -0.2) is 34.1 Å². The van der Waals surface area contributed by atoms with Crippen LogP contribution in [0.2, 0.25) is 5.02 Å². The van der Waals surface area contributed by atoms with Gasteiger partial charge < -0.3 is 9.64 Å². The molecule has 1 amide bonds. The highest BCUT2D eigenvalue weighted by molar-refractivity contribution is 7.92. The first-order chi connectivity index (χ1) is 11.9. The van der Waals surface area contributed by atoms with E-state index < -0.39 is 10.0 Å². The van der Waals surface area contributed by atoms with Gasteiger partial charge in [0.15, 0.2) is 0 Å². The molecule has 0 spiro atoms. The lowest BCUT2D eigenvalue weighted by Gasteiger charge is -2.26. The minimum Gasteiger partial charge on any atom is -0.370 e. The lowest BCUT2D eigenvalue weighted by Crippen LogP contribution is -2.41. The number of amides is 1. The molecule has 1 aliphatic rings. The van der Waals surface area contributed by atoms with Crippen molar-refractivity contribution in [2.45, 2.75) is 11.8 Å². The van der Waals surface area contributed by atoms with E-state index in [0.29, 0.717) is 29.5 Å². The van der Waals surface area contributed by atoms with Crippen molar-refractivity contribution < 1.29 is 17.9 Å². The number of anilines is 2. The molecule has 132 valence electrons. The second-order valence-corrected chi connectivity index (χ2v) is 7.75. The molecule has 0 atom stereocenters. The highest BCUT2D eigenvalue weighted by Crippen LogP contribution is 2.24. The second kappa shape index (κ2) is 7.03. The van der Waals surface area contributed by atoms with Crippen LogP contribution in [-0.2, 0) is 19.6 Å². The first-order valence-corrected chi connectivity index (χ1v) is 9.50. The number of ether oxygens (including phenoxy) is 1. The molecule has 6 nitrogen and oxygen atoms in total. The normalized spacial score (nSPS) is 15.3. The van der Waals surface area contributed by atoms with Crippen LogP contribution in [0.4, 0.5) is 11.4 Å². The second-order valence-electron chi connectivity index (χ2n) is 5.66. The number of halogens is 1. The quantitative estimate of drug-likeness (QED) is 0.884. The summed E-state index contributed by atoms with van der Waals surface area (Å²) in [4.78, 5) is 13.5. The summed E-state index contributed by atoms with van der Waals surface area (Å²) in [7, 11) is -3.74. The average Bonchev–Trinajstić information content (AvgIpc) is 2.58. The number of hydrogen-bond acceptors (Lipinski definition) is 4. The summed E-state index contributed by atoms with van der Waals surface area (Å²) in [5.74, 6) is -0.117. The van der Waals surface area contributed by atoms with E-state index in [2.05, 4.69) is 4.72 Å². The molecule has 2 aromatic rings. The van der Waals surface area contributed by atoms with Gasteiger partial charge >= 0.3 is 0 Å². The molecule has 0 aromatic heterocycles. The van der Waals surface area contributed by atoms with Gasteiger partial charge in [0.05, 0.1) is 11.5 Å². The van der Waals surface area contributed by atoms with E-state index in [1.165, 1.54) is 12.1 Å². The molecule has 0 radical (unpaired) electrons. The van der Waals surface area contributed by atoms with Crippen LogP contribution in [0.5, 0.6) is 0 Å². The number of nitrogens with zero attached hydrogens (tertiary/aromatic N) is 1. The van der Waals surface area contributed by atoms with Gasteiger partial charge in [0.1, 0.15) is 6.61 Å². The average molecular weight is 381 g/mol. The summed E-state index contributed by atoms with van der Waals surface area (Å²) < 4.78 is 32.5. The molecule has 1 saturated heterocycles. The van der Waals surface area contributed by atoms with E-state index in [1.807, 2.05) is 0 Å². The first-order valence-electron chi connectivity index (χ1n) is 7.64. The van der Waals surface area contributed by atoms with Crippen molar-refractivity contribution in [3.05, 3.63) is 53.1 Å². The number of morpholine rings is 1. The number of carbonyl (C=O) groups excluding carboxylic acids is 1. The molecular weight excluding hydrogens is 364 g/mol. The number of sulfonamides is 1. The standard InChI is InChI=1S/C17H17ClN2O4S/c1-12-2-7-15(10-16(12)18)25(22,23)19-13-3-5-14(6-4-13)20-8-9-24-11-17(20)21/h2-7,10,19H,8-9,11H2,1H3. The van der Waals surface area contributed by atoms with Crippen LogP contribution in [0.25, 0.3) is 0 Å². The maximum atomic E-state index is 12.5. The van der Waals surface area contributed by atoms with E-state index in [9.17, 15) is 13.2 Å². The highest BCUT2D eigenvalue weighted by Gasteiger charge is 2.20. The number of nitrogens with one attached hydrogen (secondary N) is 1. The third-order valence-corrected chi connectivity index (χ3v) is 5.66. The number of carbonyl (C=O) groups is 1. The third kappa shape index (κ3) is 3.95. The number of benzene rings is 2. The molecule has 0 aliphatic carbocycles. The monoisotopic (exact) mass is 380 g/mol. The summed E-state index contributed by atoms with van der Waals surface area (Å²) in [5, 5.41) is 0.393. The van der Waals surface area contributed by atoms with Crippen molar-refractivity contribution in [2.75, 3.05) is 29.4 Å². The Balaban J connectivity index is 1.78. The van der Waals surface area contributed by atoms with Crippen molar-refractivity contribution in [1.82, 2.24) is 0 Å². The van der Waals surface area contributed by atoms with Crippen molar-refractivity contribution in [3.8, 4) is 0 Å². The summed E-state index contributed by atoms with van der Waals surface area (Å²) in [6.45, 7) is 2.82. The van der Waals surface area contributed by atoms with Gasteiger partial charge in [-0.05, 0) is 48.9 Å². The molecule has 1 heterocycles. The van der Waals surface area contributed by atoms with Gasteiger partial charge in [0.25, 0.3) is 15.9 Å². The van der Waals surface area contributed by atoms with Gasteiger partial charge in [0, 0.05) is 22.9 Å². The molecule has 25 heavy (non-hydrogen) atoms. The van der Waals surface area contributed by atoms with E-state index in [1.54, 1.807) is 42.2 Å². The van der Waals surface area contributed by atoms with E-state index >= 15 is 0 Å². The zero-order valence-electron chi connectivity index (χ0n) is 13.5. The van der Waals surface area contributed by atoms with E-state index in [4.69, 9.17) is 16.3 Å². The Morgan fingerprint density at radius 3 is 2.52 bits per heavy atom. The number of aryl methyl sites for hydroxylation is 1. The van der Waals surface area contributed by atoms with Gasteiger partial charge in [-0.2, -0.15) is 0 Å². The predicted octanol–water partition coefficient (Wildman–Crippen LogP) is 2.81. The third-order valence-electron chi connectivity index (χ3n) is 3.87. The molecule has 2 aromatic carbocycles. The van der Waals surface area contributed by atoms with Crippen LogP contribution >= 0.6 is 11.6 Å². The molecule has 8 heteroatoms. The number of hydrogen-bond donors (Lipinski definition) is 1. The Bertz CT molecular complexity index is 897. The number of rotatable bonds is 4. The molecule has 1 aliphatic heterocycles.